The molecule has 3 aromatic heterocycles. The standard InChI is InChI=1S/C32H20N4O/c1-2-8-21(9-3-1)32-33-20-34-36(32)23-15-17-31-27(19-23)26-18-22(14-16-30(26)37-31)35-28-12-6-4-10-24(28)25-11-5-7-13-29(25)35/h1-20H. The zero-order valence-electron chi connectivity index (χ0n) is 19.7. The minimum Gasteiger partial charge on any atom is -0.456 e. The zero-order valence-corrected chi connectivity index (χ0v) is 19.7. The van der Waals surface area contributed by atoms with E-state index in [0.717, 1.165) is 44.7 Å². The number of benzene rings is 5. The van der Waals surface area contributed by atoms with Crippen molar-refractivity contribution in [2.24, 2.45) is 0 Å². The van der Waals surface area contributed by atoms with Crippen LogP contribution < -0.4 is 0 Å². The van der Waals surface area contributed by atoms with Crippen molar-refractivity contribution in [1.29, 1.82) is 0 Å². The van der Waals surface area contributed by atoms with Gasteiger partial charge in [-0.25, -0.2) is 9.67 Å². The maximum Gasteiger partial charge on any atom is 0.163 e. The van der Waals surface area contributed by atoms with Crippen LogP contribution in [-0.2, 0) is 0 Å². The van der Waals surface area contributed by atoms with Crippen molar-refractivity contribution in [1.82, 2.24) is 19.3 Å². The number of nitrogens with zero attached hydrogens (tertiary/aromatic N) is 4. The summed E-state index contributed by atoms with van der Waals surface area (Å²) >= 11 is 0. The van der Waals surface area contributed by atoms with Gasteiger partial charge >= 0.3 is 0 Å². The summed E-state index contributed by atoms with van der Waals surface area (Å²) in [4.78, 5) is 4.52. The van der Waals surface area contributed by atoms with Crippen LogP contribution in [0.1, 0.15) is 0 Å². The molecular formula is C32H20N4O. The summed E-state index contributed by atoms with van der Waals surface area (Å²) < 4.78 is 10.4. The van der Waals surface area contributed by atoms with Crippen LogP contribution in [0.15, 0.2) is 126 Å². The summed E-state index contributed by atoms with van der Waals surface area (Å²) in [5.41, 5.74) is 7.14. The lowest BCUT2D eigenvalue weighted by Crippen LogP contribution is -1.99. The number of hydrogen-bond acceptors (Lipinski definition) is 3. The van der Waals surface area contributed by atoms with Gasteiger partial charge in [0.1, 0.15) is 17.5 Å². The third kappa shape index (κ3) is 2.98. The third-order valence-electron chi connectivity index (χ3n) is 7.10. The second-order valence-corrected chi connectivity index (χ2v) is 9.19. The highest BCUT2D eigenvalue weighted by Crippen LogP contribution is 2.36. The van der Waals surface area contributed by atoms with Gasteiger partial charge in [0.2, 0.25) is 0 Å². The first-order chi connectivity index (χ1) is 18.3. The molecule has 0 radical (unpaired) electrons. The molecule has 8 aromatic rings. The van der Waals surface area contributed by atoms with E-state index in [2.05, 4.69) is 87.4 Å². The lowest BCUT2D eigenvalue weighted by Gasteiger charge is -2.08. The smallest absolute Gasteiger partial charge is 0.163 e. The van der Waals surface area contributed by atoms with Crippen LogP contribution in [0.25, 0.3) is 66.5 Å². The van der Waals surface area contributed by atoms with E-state index < -0.39 is 0 Å². The number of fused-ring (bicyclic) bond motifs is 6. The molecule has 0 unspecified atom stereocenters. The number of aromatic nitrogens is 4. The molecule has 5 heteroatoms. The monoisotopic (exact) mass is 476 g/mol. The van der Waals surface area contributed by atoms with Gasteiger partial charge in [-0.05, 0) is 48.5 Å². The van der Waals surface area contributed by atoms with Gasteiger partial charge in [-0.15, -0.1) is 0 Å². The largest absolute Gasteiger partial charge is 0.456 e. The summed E-state index contributed by atoms with van der Waals surface area (Å²) in [7, 11) is 0. The second-order valence-electron chi connectivity index (χ2n) is 9.19. The fourth-order valence-electron chi connectivity index (χ4n) is 5.44. The molecule has 3 heterocycles. The molecule has 174 valence electrons. The minimum absolute atomic E-state index is 0.804. The molecule has 0 spiro atoms. The van der Waals surface area contributed by atoms with E-state index in [1.165, 1.54) is 21.8 Å². The Labute approximate surface area is 211 Å². The third-order valence-corrected chi connectivity index (χ3v) is 7.10. The molecule has 0 aliphatic heterocycles. The molecule has 37 heavy (non-hydrogen) atoms. The average molecular weight is 477 g/mol. The van der Waals surface area contributed by atoms with Gasteiger partial charge in [-0.2, -0.15) is 5.10 Å². The Kier molecular flexibility index (Phi) is 4.16. The Morgan fingerprint density at radius 3 is 1.84 bits per heavy atom. The van der Waals surface area contributed by atoms with Crippen LogP contribution >= 0.6 is 0 Å². The van der Waals surface area contributed by atoms with Crippen LogP contribution in [0.2, 0.25) is 0 Å². The van der Waals surface area contributed by atoms with Crippen molar-refractivity contribution in [3.8, 4) is 22.8 Å². The van der Waals surface area contributed by atoms with E-state index in [0.29, 0.717) is 0 Å². The molecule has 0 saturated carbocycles. The van der Waals surface area contributed by atoms with Crippen molar-refractivity contribution >= 4 is 43.7 Å². The maximum atomic E-state index is 6.23. The van der Waals surface area contributed by atoms with Crippen LogP contribution in [0.4, 0.5) is 0 Å². The van der Waals surface area contributed by atoms with Crippen molar-refractivity contribution in [2.45, 2.75) is 0 Å². The van der Waals surface area contributed by atoms with Gasteiger partial charge in [0.15, 0.2) is 5.82 Å². The summed E-state index contributed by atoms with van der Waals surface area (Å²) in [5.74, 6) is 0.804. The Bertz CT molecular complexity index is 2040. The molecule has 0 aliphatic carbocycles. The molecule has 0 N–H and O–H groups in total. The van der Waals surface area contributed by atoms with Crippen molar-refractivity contribution < 1.29 is 4.42 Å². The van der Waals surface area contributed by atoms with Crippen LogP contribution in [-0.4, -0.2) is 19.3 Å². The Morgan fingerprint density at radius 2 is 1.14 bits per heavy atom. The number of furan rings is 1. The fraction of sp³-hybridized carbons (Fsp3) is 0. The van der Waals surface area contributed by atoms with Crippen LogP contribution in [0.3, 0.4) is 0 Å². The van der Waals surface area contributed by atoms with Gasteiger partial charge in [0.05, 0.1) is 16.7 Å². The van der Waals surface area contributed by atoms with E-state index in [9.17, 15) is 0 Å². The first kappa shape index (κ1) is 20.1. The zero-order chi connectivity index (χ0) is 24.3. The Hall–Kier alpha value is -5.16. The van der Waals surface area contributed by atoms with E-state index in [1.54, 1.807) is 6.33 Å². The lowest BCUT2D eigenvalue weighted by atomic mass is 10.1. The van der Waals surface area contributed by atoms with E-state index >= 15 is 0 Å². The molecular weight excluding hydrogens is 456 g/mol. The molecule has 0 fully saturated rings. The highest BCUT2D eigenvalue weighted by atomic mass is 16.3. The molecule has 0 atom stereocenters. The summed E-state index contributed by atoms with van der Waals surface area (Å²) in [5, 5.41) is 9.14. The first-order valence-corrected chi connectivity index (χ1v) is 12.3. The van der Waals surface area contributed by atoms with Crippen LogP contribution in [0.5, 0.6) is 0 Å². The van der Waals surface area contributed by atoms with Crippen molar-refractivity contribution in [3.05, 3.63) is 122 Å². The van der Waals surface area contributed by atoms with Crippen molar-refractivity contribution in [2.75, 3.05) is 0 Å². The molecule has 0 amide bonds. The molecule has 8 rings (SSSR count). The Balaban J connectivity index is 1.35. The number of rotatable bonds is 3. The SMILES string of the molecule is c1ccc(-c2ncnn2-c2ccc3oc4ccc(-n5c6ccccc6c6ccccc65)cc4c3c2)cc1. The van der Waals surface area contributed by atoms with Gasteiger partial charge in [-0.3, -0.25) is 0 Å². The lowest BCUT2D eigenvalue weighted by molar-refractivity contribution is 0.668. The topological polar surface area (TPSA) is 48.8 Å². The maximum absolute atomic E-state index is 6.23. The van der Waals surface area contributed by atoms with E-state index in [-0.39, 0.29) is 0 Å². The molecule has 0 bridgehead atoms. The second kappa shape index (κ2) is 7.67. The fourth-order valence-corrected chi connectivity index (χ4v) is 5.44. The van der Waals surface area contributed by atoms with Gasteiger partial charge in [0, 0.05) is 32.8 Å². The average Bonchev–Trinajstić information content (AvgIpc) is 3.67. The molecule has 0 aliphatic rings. The normalized spacial score (nSPS) is 11.8. The Morgan fingerprint density at radius 1 is 0.541 bits per heavy atom. The minimum atomic E-state index is 0.804. The van der Waals surface area contributed by atoms with Gasteiger partial charge in [0.25, 0.3) is 0 Å². The molecule has 5 nitrogen and oxygen atoms in total. The quantitative estimate of drug-likeness (QED) is 0.260. The van der Waals surface area contributed by atoms with Crippen molar-refractivity contribution in [3.63, 3.8) is 0 Å². The first-order valence-electron chi connectivity index (χ1n) is 12.3. The highest BCUT2D eigenvalue weighted by Gasteiger charge is 2.15. The molecule has 5 aromatic carbocycles. The van der Waals surface area contributed by atoms with Gasteiger partial charge in [-0.1, -0.05) is 66.7 Å². The van der Waals surface area contributed by atoms with Gasteiger partial charge < -0.3 is 8.98 Å². The summed E-state index contributed by atoms with van der Waals surface area (Å²) in [6.45, 7) is 0. The highest BCUT2D eigenvalue weighted by molar-refractivity contribution is 6.10. The van der Waals surface area contributed by atoms with E-state index in [1.807, 2.05) is 47.1 Å². The predicted octanol–water partition coefficient (Wildman–Crippen LogP) is 7.93. The number of hydrogen-bond donors (Lipinski definition) is 0. The summed E-state index contributed by atoms with van der Waals surface area (Å²) in [6, 6.07) is 39.9. The summed E-state index contributed by atoms with van der Waals surface area (Å²) in [6.07, 6.45) is 1.60. The van der Waals surface area contributed by atoms with E-state index in [4.69, 9.17) is 4.42 Å². The molecule has 0 saturated heterocycles. The van der Waals surface area contributed by atoms with Crippen LogP contribution in [0, 0.1) is 0 Å². The predicted molar refractivity (Wildman–Crippen MR) is 148 cm³/mol. The number of para-hydroxylation sites is 2.